The van der Waals surface area contributed by atoms with Gasteiger partial charge in [-0.15, -0.1) is 0 Å². The minimum Gasteiger partial charge on any atom is -0.477 e. The van der Waals surface area contributed by atoms with Crippen LogP contribution in [-0.2, 0) is 0 Å². The Balaban J connectivity index is 1.74. The summed E-state index contributed by atoms with van der Waals surface area (Å²) in [4.78, 5) is 32.1. The third-order valence-electron chi connectivity index (χ3n) is 4.36. The summed E-state index contributed by atoms with van der Waals surface area (Å²) >= 11 is 5.97. The number of nitrogens with one attached hydrogen (secondary N) is 2. The fourth-order valence-electron chi connectivity index (χ4n) is 3.10. The highest BCUT2D eigenvalue weighted by molar-refractivity contribution is 6.30. The van der Waals surface area contributed by atoms with Crippen molar-refractivity contribution in [1.82, 2.24) is 20.2 Å². The average molecular weight is 363 g/mol. The molecule has 132 valence electrons. The van der Waals surface area contributed by atoms with E-state index in [1.165, 1.54) is 6.33 Å². The smallest absolute Gasteiger partial charge is 0.354 e. The fraction of sp³-hybridized carbons (Fsp3) is 0.353. The Bertz CT molecular complexity index is 754. The van der Waals surface area contributed by atoms with Crippen LogP contribution >= 0.6 is 11.6 Å². The third kappa shape index (κ3) is 4.00. The first-order chi connectivity index (χ1) is 12.1. The summed E-state index contributed by atoms with van der Waals surface area (Å²) in [6.07, 6.45) is 3.46. The van der Waals surface area contributed by atoms with E-state index in [-0.39, 0.29) is 17.4 Å². The number of aromatic amines is 1. The van der Waals surface area contributed by atoms with Crippen LogP contribution in [0.25, 0.3) is 0 Å². The highest BCUT2D eigenvalue weighted by Gasteiger charge is 2.25. The number of carbonyl (C=O) groups excluding carboxylic acids is 1. The first-order valence-electron chi connectivity index (χ1n) is 8.10. The Hall–Kier alpha value is -2.38. The van der Waals surface area contributed by atoms with Crippen LogP contribution in [0, 0.1) is 0 Å². The van der Waals surface area contributed by atoms with Crippen molar-refractivity contribution >= 4 is 23.5 Å². The summed E-state index contributed by atoms with van der Waals surface area (Å²) in [5, 5.41) is 12.6. The molecule has 1 atom stereocenters. The van der Waals surface area contributed by atoms with Crippen LogP contribution in [0.5, 0.6) is 0 Å². The number of H-pyrrole nitrogens is 1. The SMILES string of the molecule is O=C(NCC(c1ccc(Cl)cc1)N1CCCC1)c1nc[nH]c1C(=O)O. The predicted octanol–water partition coefficient (Wildman–Crippen LogP) is 2.33. The van der Waals surface area contributed by atoms with E-state index in [1.54, 1.807) is 0 Å². The van der Waals surface area contributed by atoms with Crippen molar-refractivity contribution in [3.8, 4) is 0 Å². The molecule has 1 aliphatic rings. The second kappa shape index (κ2) is 7.67. The standard InChI is InChI=1S/C17H19ClN4O3/c18-12-5-3-11(4-6-12)13(22-7-1-2-8-22)9-19-16(23)14-15(17(24)25)21-10-20-14/h3-6,10,13H,1-2,7-9H2,(H,19,23)(H,20,21)(H,24,25). The maximum atomic E-state index is 12.3. The number of carbonyl (C=O) groups is 2. The van der Waals surface area contributed by atoms with E-state index in [0.29, 0.717) is 11.6 Å². The minimum absolute atomic E-state index is 0.0101. The number of amides is 1. The number of aromatic carboxylic acids is 1. The molecule has 2 aromatic rings. The van der Waals surface area contributed by atoms with Crippen molar-refractivity contribution in [2.75, 3.05) is 19.6 Å². The summed E-state index contributed by atoms with van der Waals surface area (Å²) in [6, 6.07) is 7.58. The summed E-state index contributed by atoms with van der Waals surface area (Å²) in [5.41, 5.74) is 0.748. The molecule has 3 N–H and O–H groups in total. The lowest BCUT2D eigenvalue weighted by Crippen LogP contribution is -2.37. The van der Waals surface area contributed by atoms with Crippen LogP contribution in [0.4, 0.5) is 0 Å². The topological polar surface area (TPSA) is 98.3 Å². The normalized spacial score (nSPS) is 15.9. The molecule has 0 saturated carbocycles. The van der Waals surface area contributed by atoms with Gasteiger partial charge in [0.1, 0.15) is 0 Å². The van der Waals surface area contributed by atoms with Gasteiger partial charge in [0, 0.05) is 11.6 Å². The van der Waals surface area contributed by atoms with Crippen molar-refractivity contribution in [3.05, 3.63) is 52.6 Å². The lowest BCUT2D eigenvalue weighted by atomic mass is 10.1. The molecule has 1 unspecified atom stereocenters. The van der Waals surface area contributed by atoms with Crippen LogP contribution in [0.2, 0.25) is 5.02 Å². The lowest BCUT2D eigenvalue weighted by Gasteiger charge is -2.28. The minimum atomic E-state index is -1.21. The number of carboxylic acid groups (broad SMARTS) is 1. The molecule has 1 aromatic heterocycles. The molecule has 0 bridgehead atoms. The number of imidazole rings is 1. The van der Waals surface area contributed by atoms with E-state index in [0.717, 1.165) is 31.5 Å². The maximum Gasteiger partial charge on any atom is 0.354 e. The number of halogens is 1. The second-order valence-electron chi connectivity index (χ2n) is 5.95. The van der Waals surface area contributed by atoms with Crippen LogP contribution in [0.3, 0.4) is 0 Å². The van der Waals surface area contributed by atoms with E-state index >= 15 is 0 Å². The van der Waals surface area contributed by atoms with Gasteiger partial charge in [-0.25, -0.2) is 9.78 Å². The average Bonchev–Trinajstić information content (AvgIpc) is 3.28. The number of aromatic nitrogens is 2. The number of hydrogen-bond acceptors (Lipinski definition) is 4. The van der Waals surface area contributed by atoms with Crippen LogP contribution < -0.4 is 5.32 Å². The van der Waals surface area contributed by atoms with Crippen molar-refractivity contribution < 1.29 is 14.7 Å². The summed E-state index contributed by atoms with van der Waals surface area (Å²) in [7, 11) is 0. The van der Waals surface area contributed by atoms with Crippen LogP contribution in [0.1, 0.15) is 45.4 Å². The number of benzene rings is 1. The summed E-state index contributed by atoms with van der Waals surface area (Å²) < 4.78 is 0. The molecular weight excluding hydrogens is 344 g/mol. The van der Waals surface area contributed by atoms with Gasteiger partial charge in [0.05, 0.1) is 12.4 Å². The Kier molecular flexibility index (Phi) is 5.35. The van der Waals surface area contributed by atoms with Crippen molar-refractivity contribution in [2.24, 2.45) is 0 Å². The van der Waals surface area contributed by atoms with Gasteiger partial charge in [-0.1, -0.05) is 23.7 Å². The first kappa shape index (κ1) is 17.4. The van der Waals surface area contributed by atoms with Gasteiger partial charge in [0.25, 0.3) is 5.91 Å². The van der Waals surface area contributed by atoms with Crippen LogP contribution in [-0.4, -0.2) is 51.5 Å². The van der Waals surface area contributed by atoms with E-state index < -0.39 is 11.9 Å². The second-order valence-corrected chi connectivity index (χ2v) is 6.39. The van der Waals surface area contributed by atoms with Crippen molar-refractivity contribution in [3.63, 3.8) is 0 Å². The van der Waals surface area contributed by atoms with Gasteiger partial charge in [0.2, 0.25) is 0 Å². The molecule has 1 aromatic carbocycles. The Morgan fingerprint density at radius 3 is 2.60 bits per heavy atom. The van der Waals surface area contributed by atoms with E-state index in [2.05, 4.69) is 20.2 Å². The summed E-state index contributed by atoms with van der Waals surface area (Å²) in [6.45, 7) is 2.30. The first-order valence-corrected chi connectivity index (χ1v) is 8.48. The Morgan fingerprint density at radius 2 is 1.96 bits per heavy atom. The van der Waals surface area contributed by atoms with E-state index in [9.17, 15) is 9.59 Å². The maximum absolute atomic E-state index is 12.3. The van der Waals surface area contributed by atoms with Crippen molar-refractivity contribution in [2.45, 2.75) is 18.9 Å². The number of nitrogens with zero attached hydrogens (tertiary/aromatic N) is 2. The molecule has 0 radical (unpaired) electrons. The van der Waals surface area contributed by atoms with Gasteiger partial charge < -0.3 is 15.4 Å². The molecule has 7 nitrogen and oxygen atoms in total. The molecule has 2 heterocycles. The molecule has 1 saturated heterocycles. The zero-order valence-electron chi connectivity index (χ0n) is 13.5. The molecule has 25 heavy (non-hydrogen) atoms. The lowest BCUT2D eigenvalue weighted by molar-refractivity contribution is 0.0684. The number of hydrogen-bond donors (Lipinski definition) is 3. The zero-order chi connectivity index (χ0) is 17.8. The fourth-order valence-corrected chi connectivity index (χ4v) is 3.22. The van der Waals surface area contributed by atoms with Gasteiger partial charge in [0.15, 0.2) is 11.4 Å². The molecule has 1 amide bonds. The molecule has 1 aliphatic heterocycles. The number of carboxylic acids is 1. The molecule has 3 rings (SSSR count). The zero-order valence-corrected chi connectivity index (χ0v) is 14.3. The third-order valence-corrected chi connectivity index (χ3v) is 4.61. The Labute approximate surface area is 150 Å². The quantitative estimate of drug-likeness (QED) is 0.732. The molecule has 8 heteroatoms. The predicted molar refractivity (Wildman–Crippen MR) is 92.9 cm³/mol. The van der Waals surface area contributed by atoms with E-state index in [4.69, 9.17) is 16.7 Å². The largest absolute Gasteiger partial charge is 0.477 e. The monoisotopic (exact) mass is 362 g/mol. The molecule has 0 spiro atoms. The van der Waals surface area contributed by atoms with Gasteiger partial charge >= 0.3 is 5.97 Å². The van der Waals surface area contributed by atoms with Gasteiger partial charge in [-0.2, -0.15) is 0 Å². The number of likely N-dealkylation sites (tertiary alicyclic amines) is 1. The summed E-state index contributed by atoms with van der Waals surface area (Å²) in [5.74, 6) is -1.71. The number of rotatable bonds is 6. The molecule has 0 aliphatic carbocycles. The van der Waals surface area contributed by atoms with Gasteiger partial charge in [-0.3, -0.25) is 9.69 Å². The van der Waals surface area contributed by atoms with Crippen LogP contribution in [0.15, 0.2) is 30.6 Å². The van der Waals surface area contributed by atoms with Crippen molar-refractivity contribution in [1.29, 1.82) is 0 Å². The van der Waals surface area contributed by atoms with E-state index in [1.807, 2.05) is 24.3 Å². The molecular formula is C17H19ClN4O3. The highest BCUT2D eigenvalue weighted by atomic mass is 35.5. The van der Waals surface area contributed by atoms with Gasteiger partial charge in [-0.05, 0) is 43.6 Å². The highest BCUT2D eigenvalue weighted by Crippen LogP contribution is 2.25. The Morgan fingerprint density at radius 1 is 1.28 bits per heavy atom. The molecule has 1 fully saturated rings.